The van der Waals surface area contributed by atoms with Crippen molar-refractivity contribution in [3.63, 3.8) is 0 Å². The molecule has 0 saturated heterocycles. The van der Waals surface area contributed by atoms with Crippen LogP contribution >= 0.6 is 0 Å². The van der Waals surface area contributed by atoms with Crippen molar-refractivity contribution in [2.75, 3.05) is 11.6 Å². The lowest BCUT2D eigenvalue weighted by atomic mass is 10.2. The van der Waals surface area contributed by atoms with Gasteiger partial charge in [0.15, 0.2) is 9.84 Å². The smallest absolute Gasteiger partial charge is 0.175 e. The summed E-state index contributed by atoms with van der Waals surface area (Å²) in [4.78, 5) is 8.02. The van der Waals surface area contributed by atoms with Crippen LogP contribution in [0.2, 0.25) is 0 Å². The van der Waals surface area contributed by atoms with Crippen LogP contribution in [0.25, 0.3) is 22.2 Å². The summed E-state index contributed by atoms with van der Waals surface area (Å²) in [6, 6.07) is 10.5. The predicted octanol–water partition coefficient (Wildman–Crippen LogP) is 3.10. The van der Waals surface area contributed by atoms with Gasteiger partial charge >= 0.3 is 0 Å². The van der Waals surface area contributed by atoms with Crippen molar-refractivity contribution < 1.29 is 8.42 Å². The Morgan fingerprint density at radius 1 is 1.08 bits per heavy atom. The SMILES string of the molecule is CS(=O)(=O)c1ccc(Nc2cc3[nH]c(-c4cn[nH]c4)cc3cn2)cc1. The fourth-order valence-electron chi connectivity index (χ4n) is 2.58. The molecule has 0 aliphatic rings. The van der Waals surface area contributed by atoms with Crippen LogP contribution in [0.1, 0.15) is 0 Å². The fraction of sp³-hybridized carbons (Fsp3) is 0.0588. The number of benzene rings is 1. The Kier molecular flexibility index (Phi) is 3.54. The van der Waals surface area contributed by atoms with E-state index in [-0.39, 0.29) is 4.90 Å². The fourth-order valence-corrected chi connectivity index (χ4v) is 3.21. The van der Waals surface area contributed by atoms with Gasteiger partial charge in [-0.05, 0) is 30.3 Å². The Balaban J connectivity index is 1.61. The van der Waals surface area contributed by atoms with Gasteiger partial charge in [0.2, 0.25) is 0 Å². The summed E-state index contributed by atoms with van der Waals surface area (Å²) in [5.74, 6) is 0.667. The number of nitrogens with zero attached hydrogens (tertiary/aromatic N) is 2. The van der Waals surface area contributed by atoms with Gasteiger partial charge in [-0.3, -0.25) is 5.10 Å². The summed E-state index contributed by atoms with van der Waals surface area (Å²) < 4.78 is 23.0. The van der Waals surface area contributed by atoms with E-state index < -0.39 is 9.84 Å². The molecule has 0 fully saturated rings. The van der Waals surface area contributed by atoms with Crippen LogP contribution in [-0.2, 0) is 9.84 Å². The number of sulfone groups is 1. The molecule has 4 aromatic rings. The molecule has 7 nitrogen and oxygen atoms in total. The molecule has 3 aromatic heterocycles. The molecular formula is C17H15N5O2S. The number of nitrogens with one attached hydrogen (secondary N) is 3. The summed E-state index contributed by atoms with van der Waals surface area (Å²) in [7, 11) is -3.20. The maximum atomic E-state index is 11.5. The van der Waals surface area contributed by atoms with Crippen molar-refractivity contribution in [2.45, 2.75) is 4.90 Å². The van der Waals surface area contributed by atoms with Gasteiger partial charge in [-0.2, -0.15) is 5.10 Å². The summed E-state index contributed by atoms with van der Waals surface area (Å²) in [5, 5.41) is 10.9. The number of hydrogen-bond donors (Lipinski definition) is 3. The highest BCUT2D eigenvalue weighted by atomic mass is 32.2. The van der Waals surface area contributed by atoms with Crippen molar-refractivity contribution in [1.29, 1.82) is 0 Å². The second-order valence-corrected chi connectivity index (χ2v) is 7.76. The lowest BCUT2D eigenvalue weighted by molar-refractivity contribution is 0.602. The quantitative estimate of drug-likeness (QED) is 0.523. The highest BCUT2D eigenvalue weighted by Crippen LogP contribution is 2.25. The third-order valence-electron chi connectivity index (χ3n) is 3.87. The van der Waals surface area contributed by atoms with E-state index in [1.165, 1.54) is 6.26 Å². The van der Waals surface area contributed by atoms with E-state index in [1.807, 2.05) is 18.3 Å². The Morgan fingerprint density at radius 3 is 2.56 bits per heavy atom. The molecule has 3 N–H and O–H groups in total. The molecule has 3 heterocycles. The molecule has 0 spiro atoms. The number of H-pyrrole nitrogens is 2. The second kappa shape index (κ2) is 5.75. The molecule has 25 heavy (non-hydrogen) atoms. The van der Waals surface area contributed by atoms with Gasteiger partial charge in [0, 0.05) is 47.0 Å². The van der Waals surface area contributed by atoms with Gasteiger partial charge in [0.05, 0.1) is 16.6 Å². The van der Waals surface area contributed by atoms with E-state index in [2.05, 4.69) is 25.5 Å². The summed E-state index contributed by atoms with van der Waals surface area (Å²) >= 11 is 0. The standard InChI is InChI=1S/C17H15N5O2S/c1-25(23,24)14-4-2-13(3-5-14)21-17-7-16-11(8-18-17)6-15(22-16)12-9-19-20-10-12/h2-10,22H,1H3,(H,18,21)(H,19,20). The molecule has 126 valence electrons. The average molecular weight is 353 g/mol. The first-order valence-corrected chi connectivity index (χ1v) is 9.43. The molecule has 0 aliphatic carbocycles. The van der Waals surface area contributed by atoms with Crippen molar-refractivity contribution in [1.82, 2.24) is 20.2 Å². The number of aromatic nitrogens is 4. The van der Waals surface area contributed by atoms with E-state index in [1.54, 1.807) is 36.7 Å². The lowest BCUT2D eigenvalue weighted by Crippen LogP contribution is -1.98. The normalized spacial score (nSPS) is 11.7. The summed E-state index contributed by atoms with van der Waals surface area (Å²) in [5.41, 5.74) is 3.64. The zero-order valence-electron chi connectivity index (χ0n) is 13.3. The molecule has 0 atom stereocenters. The monoisotopic (exact) mass is 353 g/mol. The van der Waals surface area contributed by atoms with E-state index in [4.69, 9.17) is 0 Å². The largest absolute Gasteiger partial charge is 0.354 e. The number of pyridine rings is 1. The second-order valence-electron chi connectivity index (χ2n) is 5.75. The molecule has 0 radical (unpaired) electrons. The third kappa shape index (κ3) is 3.11. The zero-order valence-corrected chi connectivity index (χ0v) is 14.1. The number of hydrogen-bond acceptors (Lipinski definition) is 5. The summed E-state index contributed by atoms with van der Waals surface area (Å²) in [6.07, 6.45) is 6.54. The van der Waals surface area contributed by atoms with Gasteiger partial charge in [-0.25, -0.2) is 13.4 Å². The van der Waals surface area contributed by atoms with Crippen LogP contribution < -0.4 is 5.32 Å². The maximum absolute atomic E-state index is 11.5. The molecule has 8 heteroatoms. The van der Waals surface area contributed by atoms with Gasteiger partial charge in [-0.1, -0.05) is 0 Å². The third-order valence-corrected chi connectivity index (χ3v) is 5.00. The topological polar surface area (TPSA) is 104 Å². The lowest BCUT2D eigenvalue weighted by Gasteiger charge is -2.06. The molecule has 0 amide bonds. The van der Waals surface area contributed by atoms with E-state index in [9.17, 15) is 8.42 Å². The van der Waals surface area contributed by atoms with Gasteiger partial charge in [0.1, 0.15) is 5.82 Å². The minimum Gasteiger partial charge on any atom is -0.354 e. The minimum atomic E-state index is -3.20. The van der Waals surface area contributed by atoms with Crippen LogP contribution in [-0.4, -0.2) is 34.8 Å². The van der Waals surface area contributed by atoms with Crippen molar-refractivity contribution in [3.8, 4) is 11.3 Å². The van der Waals surface area contributed by atoms with Crippen LogP contribution in [0.4, 0.5) is 11.5 Å². The van der Waals surface area contributed by atoms with E-state index >= 15 is 0 Å². The Morgan fingerprint density at radius 2 is 1.88 bits per heavy atom. The predicted molar refractivity (Wildman–Crippen MR) is 96.5 cm³/mol. The van der Waals surface area contributed by atoms with Gasteiger partial charge < -0.3 is 10.3 Å². The van der Waals surface area contributed by atoms with Crippen LogP contribution in [0.3, 0.4) is 0 Å². The summed E-state index contributed by atoms with van der Waals surface area (Å²) in [6.45, 7) is 0. The highest BCUT2D eigenvalue weighted by Gasteiger charge is 2.08. The average Bonchev–Trinajstić information content (AvgIpc) is 3.23. The molecule has 4 rings (SSSR count). The minimum absolute atomic E-state index is 0.288. The van der Waals surface area contributed by atoms with Crippen molar-refractivity contribution in [3.05, 3.63) is 55.0 Å². The van der Waals surface area contributed by atoms with Crippen LogP contribution in [0.15, 0.2) is 59.9 Å². The molecular weight excluding hydrogens is 338 g/mol. The molecule has 0 unspecified atom stereocenters. The highest BCUT2D eigenvalue weighted by molar-refractivity contribution is 7.90. The van der Waals surface area contributed by atoms with Crippen molar-refractivity contribution in [2.24, 2.45) is 0 Å². The first-order valence-electron chi connectivity index (χ1n) is 7.54. The molecule has 1 aromatic carbocycles. The zero-order chi connectivity index (χ0) is 17.4. The Hall–Kier alpha value is -3.13. The number of anilines is 2. The maximum Gasteiger partial charge on any atom is 0.175 e. The van der Waals surface area contributed by atoms with Crippen LogP contribution in [0.5, 0.6) is 0 Å². The molecule has 0 aliphatic heterocycles. The van der Waals surface area contributed by atoms with E-state index in [0.717, 1.165) is 27.8 Å². The molecule has 0 saturated carbocycles. The van der Waals surface area contributed by atoms with Crippen molar-refractivity contribution >= 4 is 32.2 Å². The van der Waals surface area contributed by atoms with Crippen LogP contribution in [0, 0.1) is 0 Å². The van der Waals surface area contributed by atoms with E-state index in [0.29, 0.717) is 5.82 Å². The number of aromatic amines is 2. The molecule has 0 bridgehead atoms. The first-order chi connectivity index (χ1) is 12.0. The Labute approximate surface area is 144 Å². The van der Waals surface area contributed by atoms with Gasteiger partial charge in [-0.15, -0.1) is 0 Å². The Bertz CT molecular complexity index is 1130. The number of fused-ring (bicyclic) bond motifs is 1. The first kappa shape index (κ1) is 15.4. The van der Waals surface area contributed by atoms with Gasteiger partial charge in [0.25, 0.3) is 0 Å². The number of rotatable bonds is 4.